The summed E-state index contributed by atoms with van der Waals surface area (Å²) < 4.78 is 0. The third kappa shape index (κ3) is 2.59. The number of nitrogens with one attached hydrogen (secondary N) is 1. The lowest BCUT2D eigenvalue weighted by Gasteiger charge is -2.00. The minimum Gasteiger partial charge on any atom is -0.307 e. The molecule has 0 aromatic carbocycles. The van der Waals surface area contributed by atoms with Gasteiger partial charge in [0.1, 0.15) is 5.65 Å². The number of fused-ring (bicyclic) bond motifs is 1. The van der Waals surface area contributed by atoms with Gasteiger partial charge in [0.2, 0.25) is 0 Å². The molecule has 15 heavy (non-hydrogen) atoms. The van der Waals surface area contributed by atoms with E-state index in [0.717, 1.165) is 10.3 Å². The van der Waals surface area contributed by atoms with E-state index in [1.807, 2.05) is 32.2 Å². The minimum absolute atomic E-state index is 0.101. The van der Waals surface area contributed by atoms with Crippen molar-refractivity contribution >= 4 is 22.8 Å². The summed E-state index contributed by atoms with van der Waals surface area (Å²) in [4.78, 5) is 18.9. The van der Waals surface area contributed by atoms with Crippen LogP contribution in [0.25, 0.3) is 11.0 Å². The second kappa shape index (κ2) is 5.56. The Morgan fingerprint density at radius 3 is 2.80 bits per heavy atom. The number of nitrogens with zero attached hydrogens (tertiary/aromatic N) is 1. The van der Waals surface area contributed by atoms with E-state index in [4.69, 9.17) is 0 Å². The largest absolute Gasteiger partial charge is 0.307 e. The molecule has 3 nitrogen and oxygen atoms in total. The van der Waals surface area contributed by atoms with Gasteiger partial charge in [0.05, 0.1) is 0 Å². The summed E-state index contributed by atoms with van der Waals surface area (Å²) in [5.74, 6) is 0. The molecule has 1 N–H and O–H groups in total. The fraction of sp³-hybridized carbons (Fsp3) is 0.273. The number of hydrogen-bond donors (Lipinski definition) is 1. The third-order valence-electron chi connectivity index (χ3n) is 1.80. The van der Waals surface area contributed by atoms with Crippen LogP contribution in [0.2, 0.25) is 0 Å². The van der Waals surface area contributed by atoms with Crippen molar-refractivity contribution in [3.8, 4) is 0 Å². The van der Waals surface area contributed by atoms with Crippen LogP contribution in [0.1, 0.15) is 13.8 Å². The number of aromatic amines is 1. The first-order chi connectivity index (χ1) is 7.31. The van der Waals surface area contributed by atoms with Gasteiger partial charge >= 0.3 is 0 Å². The zero-order chi connectivity index (χ0) is 11.3. The van der Waals surface area contributed by atoms with Crippen molar-refractivity contribution in [2.24, 2.45) is 0 Å². The second-order valence-corrected chi connectivity index (χ2v) is 3.45. The van der Waals surface area contributed by atoms with E-state index < -0.39 is 0 Å². The molecule has 2 aromatic heterocycles. The van der Waals surface area contributed by atoms with Gasteiger partial charge in [-0.05, 0) is 18.4 Å². The third-order valence-corrected chi connectivity index (χ3v) is 2.57. The maximum atomic E-state index is 11.2. The van der Waals surface area contributed by atoms with Gasteiger partial charge in [-0.2, -0.15) is 0 Å². The predicted molar refractivity (Wildman–Crippen MR) is 65.5 cm³/mol. The molecule has 0 fully saturated rings. The van der Waals surface area contributed by atoms with Gasteiger partial charge in [-0.3, -0.25) is 4.79 Å². The number of pyridine rings is 2. The number of hydrogen-bond acceptors (Lipinski definition) is 3. The molecule has 80 valence electrons. The maximum absolute atomic E-state index is 11.2. The smallest absolute Gasteiger partial charge is 0.250 e. The molecule has 4 heteroatoms. The fourth-order valence-corrected chi connectivity index (χ4v) is 1.83. The highest BCUT2D eigenvalue weighted by atomic mass is 32.2. The molecule has 0 amide bonds. The normalized spacial score (nSPS) is 9.53. The van der Waals surface area contributed by atoms with Gasteiger partial charge in [0.15, 0.2) is 0 Å². The Balaban J connectivity index is 0.000000531. The van der Waals surface area contributed by atoms with Crippen molar-refractivity contribution < 1.29 is 0 Å². The van der Waals surface area contributed by atoms with Crippen LogP contribution in [0.3, 0.4) is 0 Å². The summed E-state index contributed by atoms with van der Waals surface area (Å²) in [5.41, 5.74) is 0.551. The average molecular weight is 222 g/mol. The summed E-state index contributed by atoms with van der Waals surface area (Å²) in [6.45, 7) is 4.00. The van der Waals surface area contributed by atoms with Crippen molar-refractivity contribution in [2.75, 3.05) is 6.26 Å². The minimum atomic E-state index is -0.101. The monoisotopic (exact) mass is 222 g/mol. The molecule has 0 aliphatic carbocycles. The van der Waals surface area contributed by atoms with Crippen LogP contribution in [0, 0.1) is 0 Å². The molecule has 0 bridgehead atoms. The first-order valence-corrected chi connectivity index (χ1v) is 6.06. The Hall–Kier alpha value is -1.29. The number of rotatable bonds is 1. The molecular weight excluding hydrogens is 208 g/mol. The number of H-pyrrole nitrogens is 1. The molecule has 0 saturated heterocycles. The highest BCUT2D eigenvalue weighted by Crippen LogP contribution is 2.21. The average Bonchev–Trinajstić information content (AvgIpc) is 2.30. The van der Waals surface area contributed by atoms with E-state index in [-0.39, 0.29) is 5.56 Å². The summed E-state index contributed by atoms with van der Waals surface area (Å²) in [7, 11) is 0. The van der Waals surface area contributed by atoms with Crippen LogP contribution >= 0.6 is 11.8 Å². The van der Waals surface area contributed by atoms with Crippen LogP contribution in [-0.4, -0.2) is 16.2 Å². The Morgan fingerprint density at radius 2 is 2.13 bits per heavy atom. The van der Waals surface area contributed by atoms with E-state index in [1.54, 1.807) is 24.0 Å². The lowest BCUT2D eigenvalue weighted by atomic mass is 10.3. The second-order valence-electron chi connectivity index (χ2n) is 2.60. The molecule has 2 heterocycles. The SMILES string of the molecule is CC.CSc1cc(=O)[nH]c2ncccc12. The molecule has 0 unspecified atom stereocenters. The molecule has 2 rings (SSSR count). The van der Waals surface area contributed by atoms with Gasteiger partial charge in [0.25, 0.3) is 5.56 Å². The quantitative estimate of drug-likeness (QED) is 0.754. The lowest BCUT2D eigenvalue weighted by Crippen LogP contribution is -2.05. The highest BCUT2D eigenvalue weighted by molar-refractivity contribution is 7.98. The van der Waals surface area contributed by atoms with E-state index in [9.17, 15) is 4.79 Å². The Morgan fingerprint density at radius 1 is 1.40 bits per heavy atom. The van der Waals surface area contributed by atoms with Crippen LogP contribution < -0.4 is 5.56 Å². The Kier molecular flexibility index (Phi) is 4.37. The molecule has 0 radical (unpaired) electrons. The topological polar surface area (TPSA) is 45.8 Å². The van der Waals surface area contributed by atoms with Crippen molar-refractivity contribution in [1.82, 2.24) is 9.97 Å². The number of aromatic nitrogens is 2. The lowest BCUT2D eigenvalue weighted by molar-refractivity contribution is 1.20. The van der Waals surface area contributed by atoms with Crippen molar-refractivity contribution in [2.45, 2.75) is 18.7 Å². The van der Waals surface area contributed by atoms with Crippen LogP contribution in [0.15, 0.2) is 34.1 Å². The zero-order valence-electron chi connectivity index (χ0n) is 9.07. The standard InChI is InChI=1S/C9H8N2OS.C2H6/c1-13-7-5-8(12)11-9-6(7)3-2-4-10-9;1-2/h2-5H,1H3,(H,10,11,12);1-2H3. The van der Waals surface area contributed by atoms with Gasteiger partial charge in [-0.25, -0.2) is 4.98 Å². The van der Waals surface area contributed by atoms with Crippen LogP contribution in [0.4, 0.5) is 0 Å². The first kappa shape index (κ1) is 11.8. The van der Waals surface area contributed by atoms with Crippen molar-refractivity contribution in [1.29, 1.82) is 0 Å². The summed E-state index contributed by atoms with van der Waals surface area (Å²) in [6.07, 6.45) is 3.61. The van der Waals surface area contributed by atoms with Crippen molar-refractivity contribution in [3.63, 3.8) is 0 Å². The molecular formula is C11H14N2OS. The summed E-state index contributed by atoms with van der Waals surface area (Å²) >= 11 is 1.55. The highest BCUT2D eigenvalue weighted by Gasteiger charge is 2.01. The van der Waals surface area contributed by atoms with E-state index in [0.29, 0.717) is 5.65 Å². The maximum Gasteiger partial charge on any atom is 0.250 e. The molecule has 0 spiro atoms. The van der Waals surface area contributed by atoms with Gasteiger partial charge in [-0.1, -0.05) is 13.8 Å². The van der Waals surface area contributed by atoms with E-state index >= 15 is 0 Å². The fourth-order valence-electron chi connectivity index (χ4n) is 1.22. The Labute approximate surface area is 92.9 Å². The Bertz CT molecular complexity index is 493. The van der Waals surface area contributed by atoms with Crippen LogP contribution in [-0.2, 0) is 0 Å². The van der Waals surface area contributed by atoms with E-state index in [2.05, 4.69) is 9.97 Å². The predicted octanol–water partition coefficient (Wildman–Crippen LogP) is 2.67. The van der Waals surface area contributed by atoms with Gasteiger partial charge < -0.3 is 4.98 Å². The molecule has 2 aromatic rings. The zero-order valence-corrected chi connectivity index (χ0v) is 9.89. The summed E-state index contributed by atoms with van der Waals surface area (Å²) in [5, 5.41) is 0.995. The molecule has 0 saturated carbocycles. The van der Waals surface area contributed by atoms with Crippen molar-refractivity contribution in [3.05, 3.63) is 34.7 Å². The molecule has 0 atom stereocenters. The van der Waals surface area contributed by atoms with Gasteiger partial charge in [-0.15, -0.1) is 11.8 Å². The number of thioether (sulfide) groups is 1. The van der Waals surface area contributed by atoms with Crippen LogP contribution in [0.5, 0.6) is 0 Å². The summed E-state index contributed by atoms with van der Waals surface area (Å²) in [6, 6.07) is 5.40. The molecule has 0 aliphatic rings. The van der Waals surface area contributed by atoms with E-state index in [1.165, 1.54) is 0 Å². The first-order valence-electron chi connectivity index (χ1n) is 4.83. The molecule has 0 aliphatic heterocycles. The van der Waals surface area contributed by atoms with Gasteiger partial charge in [0, 0.05) is 22.5 Å².